The summed E-state index contributed by atoms with van der Waals surface area (Å²) in [6.45, 7) is 4.15. The molecule has 0 aromatic heterocycles. The lowest BCUT2D eigenvalue weighted by Crippen LogP contribution is -2.37. The quantitative estimate of drug-likeness (QED) is 0.911. The Kier molecular flexibility index (Phi) is 4.60. The van der Waals surface area contributed by atoms with Crippen LogP contribution < -0.4 is 9.62 Å². The lowest BCUT2D eigenvalue weighted by Gasteiger charge is -2.27. The molecule has 24 heavy (non-hydrogen) atoms. The number of rotatable bonds is 3. The fraction of sp³-hybridized carbons (Fsp3) is 0.611. The van der Waals surface area contributed by atoms with Crippen molar-refractivity contribution < 1.29 is 13.2 Å². The second-order valence-corrected chi connectivity index (χ2v) is 9.25. The van der Waals surface area contributed by atoms with E-state index < -0.39 is 10.0 Å². The molecule has 3 rings (SSSR count). The number of hydrogen-bond acceptors (Lipinski definition) is 3. The highest BCUT2D eigenvalue weighted by molar-refractivity contribution is 7.92. The molecule has 1 unspecified atom stereocenters. The lowest BCUT2D eigenvalue weighted by molar-refractivity contribution is 0.0923. The largest absolute Gasteiger partial charge is 0.349 e. The Labute approximate surface area is 144 Å². The van der Waals surface area contributed by atoms with Crippen LogP contribution in [0.15, 0.2) is 18.2 Å². The van der Waals surface area contributed by atoms with Gasteiger partial charge in [0.15, 0.2) is 0 Å². The molecule has 132 valence electrons. The SMILES string of the molecule is CC1CCC(NC(=O)c2ccc3c(c2)CC(C)N3S(C)(=O)=O)CC1. The Hall–Kier alpha value is -1.56. The number of anilines is 1. The average molecular weight is 350 g/mol. The van der Waals surface area contributed by atoms with Crippen LogP contribution in [-0.2, 0) is 16.4 Å². The summed E-state index contributed by atoms with van der Waals surface area (Å²) in [5.74, 6) is 0.699. The van der Waals surface area contributed by atoms with Crippen molar-refractivity contribution in [1.29, 1.82) is 0 Å². The van der Waals surface area contributed by atoms with E-state index >= 15 is 0 Å². The third-order valence-electron chi connectivity index (χ3n) is 5.20. The zero-order valence-corrected chi connectivity index (χ0v) is 15.4. The highest BCUT2D eigenvalue weighted by atomic mass is 32.2. The normalized spacial score (nSPS) is 27.0. The zero-order valence-electron chi connectivity index (χ0n) is 14.6. The summed E-state index contributed by atoms with van der Waals surface area (Å²) < 4.78 is 25.4. The van der Waals surface area contributed by atoms with Crippen molar-refractivity contribution in [3.63, 3.8) is 0 Å². The van der Waals surface area contributed by atoms with Crippen molar-refractivity contribution >= 4 is 21.6 Å². The molecule has 0 radical (unpaired) electrons. The van der Waals surface area contributed by atoms with Crippen molar-refractivity contribution in [1.82, 2.24) is 5.32 Å². The van der Waals surface area contributed by atoms with Crippen molar-refractivity contribution in [3.05, 3.63) is 29.3 Å². The summed E-state index contributed by atoms with van der Waals surface area (Å²) in [5, 5.41) is 3.13. The third kappa shape index (κ3) is 3.43. The number of nitrogens with one attached hydrogen (secondary N) is 1. The Morgan fingerprint density at radius 2 is 1.83 bits per heavy atom. The molecule has 1 heterocycles. The molecule has 1 N–H and O–H groups in total. The molecule has 0 spiro atoms. The molecule has 1 aliphatic heterocycles. The summed E-state index contributed by atoms with van der Waals surface area (Å²) in [5.41, 5.74) is 2.25. The van der Waals surface area contributed by atoms with Gasteiger partial charge in [-0.1, -0.05) is 6.92 Å². The first-order valence-corrected chi connectivity index (χ1v) is 10.5. The van der Waals surface area contributed by atoms with Gasteiger partial charge in [-0.25, -0.2) is 8.42 Å². The number of nitrogens with zero attached hydrogens (tertiary/aromatic N) is 1. The van der Waals surface area contributed by atoms with E-state index in [2.05, 4.69) is 12.2 Å². The summed E-state index contributed by atoms with van der Waals surface area (Å²) in [7, 11) is -3.29. The Morgan fingerprint density at radius 1 is 1.17 bits per heavy atom. The summed E-state index contributed by atoms with van der Waals surface area (Å²) in [6.07, 6.45) is 6.27. The Morgan fingerprint density at radius 3 is 2.46 bits per heavy atom. The molecule has 1 aromatic rings. The van der Waals surface area contributed by atoms with E-state index in [9.17, 15) is 13.2 Å². The molecule has 6 heteroatoms. The molecule has 1 fully saturated rings. The van der Waals surface area contributed by atoms with Crippen molar-refractivity contribution in [3.8, 4) is 0 Å². The van der Waals surface area contributed by atoms with Crippen molar-refractivity contribution in [2.75, 3.05) is 10.6 Å². The molecular formula is C18H26N2O3S. The second kappa shape index (κ2) is 6.39. The number of fused-ring (bicyclic) bond motifs is 1. The van der Waals surface area contributed by atoms with Crippen LogP contribution in [0.25, 0.3) is 0 Å². The maximum absolute atomic E-state index is 12.5. The van der Waals surface area contributed by atoms with Gasteiger partial charge in [-0.2, -0.15) is 0 Å². The van der Waals surface area contributed by atoms with E-state index in [0.29, 0.717) is 17.7 Å². The summed E-state index contributed by atoms with van der Waals surface area (Å²) >= 11 is 0. The van der Waals surface area contributed by atoms with Gasteiger partial charge in [0.05, 0.1) is 11.9 Å². The number of benzene rings is 1. The molecule has 1 amide bonds. The highest BCUT2D eigenvalue weighted by Gasteiger charge is 2.33. The molecule has 5 nitrogen and oxygen atoms in total. The maximum Gasteiger partial charge on any atom is 0.251 e. The van der Waals surface area contributed by atoms with Gasteiger partial charge in [-0.05, 0) is 68.7 Å². The number of carbonyl (C=O) groups excluding carboxylic acids is 1. The lowest BCUT2D eigenvalue weighted by atomic mass is 9.87. The van der Waals surface area contributed by atoms with Gasteiger partial charge < -0.3 is 5.32 Å². The molecule has 1 saturated carbocycles. The number of amides is 1. The van der Waals surface area contributed by atoms with Crippen LogP contribution in [0.2, 0.25) is 0 Å². The van der Waals surface area contributed by atoms with Gasteiger partial charge in [0.2, 0.25) is 10.0 Å². The maximum atomic E-state index is 12.5. The van der Waals surface area contributed by atoms with Gasteiger partial charge in [-0.3, -0.25) is 9.10 Å². The van der Waals surface area contributed by atoms with Crippen LogP contribution in [0.5, 0.6) is 0 Å². The monoisotopic (exact) mass is 350 g/mol. The van der Waals surface area contributed by atoms with E-state index in [1.165, 1.54) is 10.6 Å². The second-order valence-electron chi connectivity index (χ2n) is 7.39. The molecular weight excluding hydrogens is 324 g/mol. The van der Waals surface area contributed by atoms with Crippen molar-refractivity contribution in [2.24, 2.45) is 5.92 Å². The number of carbonyl (C=O) groups is 1. The molecule has 0 bridgehead atoms. The summed E-state index contributed by atoms with van der Waals surface area (Å²) in [6, 6.07) is 5.49. The molecule has 0 saturated heterocycles. The first kappa shape index (κ1) is 17.3. The highest BCUT2D eigenvalue weighted by Crippen LogP contribution is 2.34. The predicted octanol–water partition coefficient (Wildman–Crippen LogP) is 2.71. The standard InChI is InChI=1S/C18H26N2O3S/c1-12-4-7-16(8-5-12)19-18(21)14-6-9-17-15(11-14)10-13(2)20(17)24(3,22)23/h6,9,11-13,16H,4-5,7-8,10H2,1-3H3,(H,19,21). The van der Waals surface area contributed by atoms with Crippen LogP contribution in [0.1, 0.15) is 55.5 Å². The smallest absolute Gasteiger partial charge is 0.251 e. The topological polar surface area (TPSA) is 66.5 Å². The molecule has 2 aliphatic rings. The van der Waals surface area contributed by atoms with Gasteiger partial charge in [0.1, 0.15) is 0 Å². The van der Waals surface area contributed by atoms with E-state index in [0.717, 1.165) is 37.2 Å². The average Bonchev–Trinajstić information content (AvgIpc) is 2.84. The van der Waals surface area contributed by atoms with Gasteiger partial charge in [0, 0.05) is 17.6 Å². The minimum absolute atomic E-state index is 0.0530. The third-order valence-corrected chi connectivity index (χ3v) is 6.47. The predicted molar refractivity (Wildman–Crippen MR) is 95.8 cm³/mol. The minimum Gasteiger partial charge on any atom is -0.349 e. The van der Waals surface area contributed by atoms with Gasteiger partial charge in [-0.15, -0.1) is 0 Å². The Bertz CT molecular complexity index is 737. The van der Waals surface area contributed by atoms with Gasteiger partial charge in [0.25, 0.3) is 5.91 Å². The van der Waals surface area contributed by atoms with E-state index in [1.54, 1.807) is 12.1 Å². The molecule has 1 atom stereocenters. The van der Waals surface area contributed by atoms with Crippen LogP contribution in [-0.4, -0.2) is 32.7 Å². The van der Waals surface area contributed by atoms with Crippen LogP contribution >= 0.6 is 0 Å². The van der Waals surface area contributed by atoms with Crippen LogP contribution in [0, 0.1) is 5.92 Å². The van der Waals surface area contributed by atoms with E-state index in [-0.39, 0.29) is 18.0 Å². The zero-order chi connectivity index (χ0) is 17.5. The molecule has 1 aromatic carbocycles. The number of hydrogen-bond donors (Lipinski definition) is 1. The van der Waals surface area contributed by atoms with Crippen LogP contribution in [0.3, 0.4) is 0 Å². The minimum atomic E-state index is -3.29. The van der Waals surface area contributed by atoms with E-state index in [1.807, 2.05) is 13.0 Å². The first-order valence-electron chi connectivity index (χ1n) is 8.69. The van der Waals surface area contributed by atoms with Crippen LogP contribution in [0.4, 0.5) is 5.69 Å². The Balaban J connectivity index is 1.75. The van der Waals surface area contributed by atoms with Gasteiger partial charge >= 0.3 is 0 Å². The summed E-state index contributed by atoms with van der Waals surface area (Å²) in [4.78, 5) is 12.5. The first-order chi connectivity index (χ1) is 11.3. The fourth-order valence-corrected chi connectivity index (χ4v) is 5.19. The van der Waals surface area contributed by atoms with E-state index in [4.69, 9.17) is 0 Å². The van der Waals surface area contributed by atoms with Crippen molar-refractivity contribution in [2.45, 2.75) is 58.0 Å². The fourth-order valence-electron chi connectivity index (χ4n) is 3.92. The number of sulfonamides is 1. The molecule has 1 aliphatic carbocycles.